The number of imide groups is 1. The number of nitrogens with one attached hydrogen (secondary N) is 2. The van der Waals surface area contributed by atoms with Gasteiger partial charge in [0.05, 0.1) is 36.1 Å². The van der Waals surface area contributed by atoms with Crippen molar-refractivity contribution in [2.24, 2.45) is 5.92 Å². The summed E-state index contributed by atoms with van der Waals surface area (Å²) >= 11 is 0. The zero-order chi connectivity index (χ0) is 29.1. The maximum atomic E-state index is 14.8. The van der Waals surface area contributed by atoms with Gasteiger partial charge in [0.15, 0.2) is 0 Å². The number of alkyl halides is 5. The molecule has 40 heavy (non-hydrogen) atoms. The molecule has 7 nitrogen and oxygen atoms in total. The van der Waals surface area contributed by atoms with Crippen LogP contribution in [-0.2, 0) is 4.79 Å². The lowest BCUT2D eigenvalue weighted by atomic mass is 9.97. The first-order valence-corrected chi connectivity index (χ1v) is 12.9. The highest BCUT2D eigenvalue weighted by molar-refractivity contribution is 6.07. The van der Waals surface area contributed by atoms with Gasteiger partial charge in [-0.2, -0.15) is 22.0 Å². The lowest BCUT2D eigenvalue weighted by Crippen LogP contribution is -2.52. The summed E-state index contributed by atoms with van der Waals surface area (Å²) in [5, 5.41) is 5.29. The maximum Gasteiger partial charge on any atom is 0.454 e. The van der Waals surface area contributed by atoms with Crippen LogP contribution < -0.4 is 15.4 Å². The van der Waals surface area contributed by atoms with Gasteiger partial charge in [-0.15, -0.1) is 0 Å². The molecule has 2 aliphatic rings. The van der Waals surface area contributed by atoms with Crippen LogP contribution in [0.2, 0.25) is 0 Å². The molecular formula is C27H30F6N4O3. The minimum absolute atomic E-state index is 0.0119. The van der Waals surface area contributed by atoms with Crippen LogP contribution in [0.25, 0.3) is 11.3 Å². The second-order valence-corrected chi connectivity index (χ2v) is 10.5. The van der Waals surface area contributed by atoms with Crippen molar-refractivity contribution in [2.75, 3.05) is 32.8 Å². The molecule has 1 aromatic carbocycles. The number of carbonyl (C=O) groups excluding carboxylic acids is 2. The second kappa shape index (κ2) is 11.7. The number of pyridine rings is 1. The summed E-state index contributed by atoms with van der Waals surface area (Å²) in [4.78, 5) is 30.3. The molecule has 2 aliphatic heterocycles. The number of ether oxygens (including phenoxy) is 1. The van der Waals surface area contributed by atoms with Gasteiger partial charge in [-0.3, -0.25) is 24.8 Å². The summed E-state index contributed by atoms with van der Waals surface area (Å²) in [6.45, 7) is 1.47. The third-order valence-corrected chi connectivity index (χ3v) is 7.37. The largest absolute Gasteiger partial charge is 0.492 e. The normalized spacial score (nSPS) is 20.9. The molecule has 3 heterocycles. The van der Waals surface area contributed by atoms with Gasteiger partial charge in [0, 0.05) is 5.56 Å². The van der Waals surface area contributed by atoms with Crippen LogP contribution in [0.3, 0.4) is 0 Å². The maximum absolute atomic E-state index is 14.8. The van der Waals surface area contributed by atoms with Crippen LogP contribution in [0.4, 0.5) is 26.3 Å². The van der Waals surface area contributed by atoms with Gasteiger partial charge in [-0.1, -0.05) is 6.07 Å². The highest BCUT2D eigenvalue weighted by atomic mass is 19.4. The Kier molecular flexibility index (Phi) is 8.74. The van der Waals surface area contributed by atoms with Gasteiger partial charge in [0.1, 0.15) is 11.6 Å². The predicted octanol–water partition coefficient (Wildman–Crippen LogP) is 4.57. The fourth-order valence-corrected chi connectivity index (χ4v) is 4.79. The number of nitrogens with zero attached hydrogens (tertiary/aromatic N) is 2. The van der Waals surface area contributed by atoms with E-state index in [2.05, 4.69) is 15.6 Å². The smallest absolute Gasteiger partial charge is 0.454 e. The van der Waals surface area contributed by atoms with E-state index in [1.807, 2.05) is 0 Å². The van der Waals surface area contributed by atoms with Gasteiger partial charge < -0.3 is 10.1 Å². The fourth-order valence-electron chi connectivity index (χ4n) is 4.79. The number of halogens is 6. The van der Waals surface area contributed by atoms with Gasteiger partial charge in [-0.25, -0.2) is 4.39 Å². The van der Waals surface area contributed by atoms with Crippen molar-refractivity contribution in [3.05, 3.63) is 47.9 Å². The van der Waals surface area contributed by atoms with E-state index in [9.17, 15) is 35.9 Å². The van der Waals surface area contributed by atoms with Crippen molar-refractivity contribution in [1.29, 1.82) is 0 Å². The first-order valence-electron chi connectivity index (χ1n) is 12.9. The van der Waals surface area contributed by atoms with E-state index in [4.69, 9.17) is 4.74 Å². The molecule has 13 heteroatoms. The average Bonchev–Trinajstić information content (AvgIpc) is 3.35. The highest BCUT2D eigenvalue weighted by Crippen LogP contribution is 2.36. The van der Waals surface area contributed by atoms with E-state index in [1.165, 1.54) is 18.3 Å². The average molecular weight is 573 g/mol. The number of piperidine rings is 1. The Morgan fingerprint density at radius 2 is 1.88 bits per heavy atom. The van der Waals surface area contributed by atoms with Crippen molar-refractivity contribution in [1.82, 2.24) is 20.5 Å². The summed E-state index contributed by atoms with van der Waals surface area (Å²) in [6.07, 6.45) is -1.93. The molecule has 2 aromatic rings. The van der Waals surface area contributed by atoms with Crippen LogP contribution in [0, 0.1) is 11.7 Å². The monoisotopic (exact) mass is 572 g/mol. The molecule has 1 aromatic heterocycles. The highest BCUT2D eigenvalue weighted by Gasteiger charge is 2.58. The Morgan fingerprint density at radius 1 is 1.15 bits per heavy atom. The Bertz CT molecular complexity index is 1210. The molecule has 2 amide bonds. The number of likely N-dealkylation sites (tertiary alicyclic amines) is 1. The summed E-state index contributed by atoms with van der Waals surface area (Å²) in [5.41, 5.74) is -0.326. The van der Waals surface area contributed by atoms with E-state index in [1.54, 1.807) is 19.1 Å². The number of hydrogen-bond donors (Lipinski definition) is 2. The summed E-state index contributed by atoms with van der Waals surface area (Å²) in [5.74, 6) is -6.50. The summed E-state index contributed by atoms with van der Waals surface area (Å²) < 4.78 is 84.3. The van der Waals surface area contributed by atoms with Crippen LogP contribution in [0.5, 0.6) is 5.75 Å². The van der Waals surface area contributed by atoms with E-state index in [0.29, 0.717) is 42.8 Å². The first-order chi connectivity index (χ1) is 18.8. The molecule has 0 spiro atoms. The molecule has 1 atom stereocenters. The van der Waals surface area contributed by atoms with Crippen LogP contribution in [-0.4, -0.2) is 72.1 Å². The number of aromatic nitrogens is 1. The van der Waals surface area contributed by atoms with Crippen molar-refractivity contribution in [2.45, 2.75) is 50.2 Å². The van der Waals surface area contributed by atoms with E-state index in [-0.39, 0.29) is 31.2 Å². The third kappa shape index (κ3) is 6.92. The number of hydrogen-bond acceptors (Lipinski definition) is 6. The third-order valence-electron chi connectivity index (χ3n) is 7.37. The van der Waals surface area contributed by atoms with Gasteiger partial charge in [-0.05, 0) is 82.4 Å². The van der Waals surface area contributed by atoms with Crippen molar-refractivity contribution in [3.8, 4) is 17.0 Å². The van der Waals surface area contributed by atoms with Gasteiger partial charge >= 0.3 is 12.1 Å². The molecule has 218 valence electrons. The predicted molar refractivity (Wildman–Crippen MR) is 133 cm³/mol. The summed E-state index contributed by atoms with van der Waals surface area (Å²) in [7, 11) is 0. The molecule has 2 saturated heterocycles. The molecule has 2 fully saturated rings. The van der Waals surface area contributed by atoms with Crippen molar-refractivity contribution >= 4 is 11.8 Å². The fraction of sp³-hybridized carbons (Fsp3) is 0.519. The molecule has 0 saturated carbocycles. The number of benzene rings is 1. The number of rotatable bonds is 8. The van der Waals surface area contributed by atoms with E-state index < -0.39 is 41.8 Å². The Hall–Kier alpha value is -3.19. The van der Waals surface area contributed by atoms with Crippen molar-refractivity contribution in [3.63, 3.8) is 0 Å². The zero-order valence-corrected chi connectivity index (χ0v) is 21.8. The van der Waals surface area contributed by atoms with Gasteiger partial charge in [0.25, 0.3) is 5.91 Å². The second-order valence-electron chi connectivity index (χ2n) is 10.5. The molecular weight excluding hydrogens is 542 g/mol. The first kappa shape index (κ1) is 29.8. The van der Waals surface area contributed by atoms with E-state index >= 15 is 0 Å². The number of carbonyl (C=O) groups is 2. The Morgan fingerprint density at radius 3 is 2.45 bits per heavy atom. The minimum Gasteiger partial charge on any atom is -0.492 e. The Balaban J connectivity index is 1.27. The zero-order valence-electron chi connectivity index (χ0n) is 21.8. The molecule has 0 aliphatic carbocycles. The summed E-state index contributed by atoms with van der Waals surface area (Å²) in [6, 6.07) is 7.15. The van der Waals surface area contributed by atoms with Crippen LogP contribution in [0.1, 0.15) is 43.0 Å². The number of amides is 2. The van der Waals surface area contributed by atoms with E-state index in [0.717, 1.165) is 17.4 Å². The standard InChI is InChI=1S/C27H30F6N4O3/c1-25(9-2-10-35-25)24(39)36-23(38)20-5-3-18(13-21(20)28)22-6-4-19(14-34-22)40-15-17-7-11-37(12-8-17)16-26(29,30)27(31,32)33/h3-6,13-14,17,35H,2,7-12,15-16H2,1H3,(H,36,38,39)/t25-/m0/s1. The van der Waals surface area contributed by atoms with Gasteiger partial charge in [0.2, 0.25) is 5.91 Å². The lowest BCUT2D eigenvalue weighted by molar-refractivity contribution is -0.287. The molecule has 0 radical (unpaired) electrons. The van der Waals surface area contributed by atoms with Crippen LogP contribution in [0.15, 0.2) is 36.5 Å². The molecule has 0 bridgehead atoms. The Labute approximate surface area is 227 Å². The quantitative estimate of drug-likeness (QED) is 0.356. The molecule has 0 unspecified atom stereocenters. The molecule has 4 rings (SSSR count). The lowest BCUT2D eigenvalue weighted by Gasteiger charge is -2.34. The topological polar surface area (TPSA) is 83.6 Å². The SMILES string of the molecule is C[C@@]1(C(=O)NC(=O)c2ccc(-c3ccc(OCC4CCN(CC(F)(F)C(F)(F)F)CC4)cn3)cc2F)CCCN1. The van der Waals surface area contributed by atoms with Crippen molar-refractivity contribution < 1.29 is 40.7 Å². The molecule has 2 N–H and O–H groups in total. The minimum atomic E-state index is -5.57. The van der Waals surface area contributed by atoms with Crippen LogP contribution >= 0.6 is 0 Å².